The summed E-state index contributed by atoms with van der Waals surface area (Å²) in [4.78, 5) is 0. The maximum Gasteiger partial charge on any atom is 0.0433 e. The van der Waals surface area contributed by atoms with Gasteiger partial charge in [0.2, 0.25) is 0 Å². The first-order chi connectivity index (χ1) is 5.14. The summed E-state index contributed by atoms with van der Waals surface area (Å²) in [6.07, 6.45) is 5.08. The zero-order chi connectivity index (χ0) is 8.06. The predicted molar refractivity (Wildman–Crippen MR) is 48.8 cm³/mol. The molecule has 0 aromatic carbocycles. The summed E-state index contributed by atoms with van der Waals surface area (Å²) >= 11 is 5.79. The van der Waals surface area contributed by atoms with E-state index >= 15 is 0 Å². The van der Waals surface area contributed by atoms with Crippen LogP contribution in [-0.4, -0.2) is 5.88 Å². The first-order valence-electron chi connectivity index (χ1n) is 4.40. The maximum absolute atomic E-state index is 5.79. The normalized spacial score (nSPS) is 39.4. The molecule has 2 atom stereocenters. The van der Waals surface area contributed by atoms with Crippen molar-refractivity contribution >= 4 is 11.6 Å². The Kier molecular flexibility index (Phi) is 1.57. The van der Waals surface area contributed by atoms with Crippen molar-refractivity contribution in [3.8, 4) is 0 Å². The van der Waals surface area contributed by atoms with E-state index in [9.17, 15) is 0 Å². The van der Waals surface area contributed by atoms with Gasteiger partial charge in [-0.2, -0.15) is 0 Å². The van der Waals surface area contributed by atoms with Gasteiger partial charge in [-0.3, -0.25) is 0 Å². The monoisotopic (exact) mass is 170 g/mol. The van der Waals surface area contributed by atoms with Crippen molar-refractivity contribution in [2.45, 2.75) is 26.7 Å². The van der Waals surface area contributed by atoms with Crippen LogP contribution >= 0.6 is 11.6 Å². The summed E-state index contributed by atoms with van der Waals surface area (Å²) in [5.41, 5.74) is 2.06. The Bertz CT molecular complexity index is 203. The van der Waals surface area contributed by atoms with Gasteiger partial charge < -0.3 is 0 Å². The minimum atomic E-state index is 0.579. The second-order valence-corrected chi connectivity index (χ2v) is 4.79. The van der Waals surface area contributed by atoms with Gasteiger partial charge in [-0.1, -0.05) is 25.5 Å². The van der Waals surface area contributed by atoms with Gasteiger partial charge >= 0.3 is 0 Å². The molecule has 62 valence electrons. The molecule has 11 heavy (non-hydrogen) atoms. The average Bonchev–Trinajstić information content (AvgIpc) is 2.04. The molecular formula is C10H15Cl. The van der Waals surface area contributed by atoms with Crippen molar-refractivity contribution in [2.24, 2.45) is 17.3 Å². The highest BCUT2D eigenvalue weighted by atomic mass is 35.5. The predicted octanol–water partition coefficient (Wildman–Crippen LogP) is 3.22. The van der Waals surface area contributed by atoms with Crippen molar-refractivity contribution in [3.63, 3.8) is 0 Å². The lowest BCUT2D eigenvalue weighted by molar-refractivity contribution is -0.000514. The third-order valence-corrected chi connectivity index (χ3v) is 4.01. The molecule has 0 spiro atoms. The van der Waals surface area contributed by atoms with Gasteiger partial charge in [0, 0.05) is 5.88 Å². The zero-order valence-corrected chi connectivity index (χ0v) is 7.99. The van der Waals surface area contributed by atoms with Crippen molar-refractivity contribution in [3.05, 3.63) is 11.6 Å². The molecule has 3 aliphatic rings. The lowest BCUT2D eigenvalue weighted by Crippen LogP contribution is -2.46. The number of hydrogen-bond acceptors (Lipinski definition) is 0. The molecule has 2 unspecified atom stereocenters. The summed E-state index contributed by atoms with van der Waals surface area (Å²) in [5.74, 6) is 2.50. The molecule has 0 aromatic rings. The second-order valence-electron chi connectivity index (χ2n) is 4.52. The van der Waals surface area contributed by atoms with E-state index in [0.29, 0.717) is 5.41 Å². The number of allylic oxidation sites excluding steroid dienone is 2. The lowest BCUT2D eigenvalue weighted by Gasteiger charge is -2.55. The Labute approximate surface area is 73.6 Å². The van der Waals surface area contributed by atoms with E-state index in [2.05, 4.69) is 19.9 Å². The van der Waals surface area contributed by atoms with Crippen LogP contribution in [0.15, 0.2) is 11.6 Å². The van der Waals surface area contributed by atoms with Gasteiger partial charge in [0.25, 0.3) is 0 Å². The van der Waals surface area contributed by atoms with Gasteiger partial charge in [0.1, 0.15) is 0 Å². The molecule has 1 heteroatoms. The van der Waals surface area contributed by atoms with E-state index in [1.165, 1.54) is 18.4 Å². The van der Waals surface area contributed by atoms with Crippen molar-refractivity contribution in [1.29, 1.82) is 0 Å². The van der Waals surface area contributed by atoms with Crippen molar-refractivity contribution in [1.82, 2.24) is 0 Å². The van der Waals surface area contributed by atoms with Crippen molar-refractivity contribution in [2.75, 3.05) is 5.88 Å². The molecule has 0 nitrogen and oxygen atoms in total. The molecule has 2 bridgehead atoms. The Morgan fingerprint density at radius 2 is 2.36 bits per heavy atom. The van der Waals surface area contributed by atoms with E-state index in [-0.39, 0.29) is 0 Å². The number of fused-ring (bicyclic) bond motifs is 1. The lowest BCUT2D eigenvalue weighted by atomic mass is 9.50. The maximum atomic E-state index is 5.79. The molecular weight excluding hydrogens is 156 g/mol. The summed E-state index contributed by atoms with van der Waals surface area (Å²) in [6.45, 7) is 4.76. The highest BCUT2D eigenvalue weighted by Gasteiger charge is 2.49. The van der Waals surface area contributed by atoms with Gasteiger partial charge in [0.15, 0.2) is 0 Å². The fraction of sp³-hybridized carbons (Fsp3) is 0.800. The van der Waals surface area contributed by atoms with Crippen LogP contribution in [0.3, 0.4) is 0 Å². The van der Waals surface area contributed by atoms with Crippen LogP contribution in [0.25, 0.3) is 0 Å². The van der Waals surface area contributed by atoms with E-state index in [1.807, 2.05) is 0 Å². The van der Waals surface area contributed by atoms with Crippen LogP contribution in [0.5, 0.6) is 0 Å². The van der Waals surface area contributed by atoms with E-state index < -0.39 is 0 Å². The summed E-state index contributed by atoms with van der Waals surface area (Å²) in [6, 6.07) is 0. The van der Waals surface area contributed by atoms with Crippen LogP contribution in [0, 0.1) is 17.3 Å². The molecule has 0 aromatic heterocycles. The largest absolute Gasteiger partial charge is 0.122 e. The van der Waals surface area contributed by atoms with Gasteiger partial charge in [-0.15, -0.1) is 11.6 Å². The summed E-state index contributed by atoms with van der Waals surface area (Å²) < 4.78 is 0. The molecule has 0 amide bonds. The quantitative estimate of drug-likeness (QED) is 0.419. The standard InChI is InChI=1S/C10H15Cl/c1-10(2)8-3-7(6-11)4-9(10)5-8/h3,8-9H,4-6H2,1-2H3. The Balaban J connectivity index is 2.19. The Morgan fingerprint density at radius 1 is 1.64 bits per heavy atom. The average molecular weight is 171 g/mol. The van der Waals surface area contributed by atoms with Gasteiger partial charge in [-0.05, 0) is 30.1 Å². The van der Waals surface area contributed by atoms with E-state index in [4.69, 9.17) is 11.6 Å². The number of halogens is 1. The molecule has 0 aliphatic heterocycles. The fourth-order valence-corrected chi connectivity index (χ4v) is 2.65. The number of rotatable bonds is 1. The fourth-order valence-electron chi connectivity index (χ4n) is 2.45. The van der Waals surface area contributed by atoms with Crippen LogP contribution in [-0.2, 0) is 0 Å². The Morgan fingerprint density at radius 3 is 2.73 bits per heavy atom. The number of hydrogen-bond donors (Lipinski definition) is 0. The zero-order valence-electron chi connectivity index (χ0n) is 7.23. The molecule has 0 radical (unpaired) electrons. The number of alkyl halides is 1. The molecule has 3 rings (SSSR count). The minimum absolute atomic E-state index is 0.579. The third-order valence-electron chi connectivity index (χ3n) is 3.66. The first-order valence-corrected chi connectivity index (χ1v) is 4.93. The molecule has 0 heterocycles. The summed E-state index contributed by atoms with van der Waals surface area (Å²) in [7, 11) is 0. The Hall–Kier alpha value is 0.0300. The van der Waals surface area contributed by atoms with Crippen LogP contribution in [0.4, 0.5) is 0 Å². The highest BCUT2D eigenvalue weighted by molar-refractivity contribution is 6.19. The van der Waals surface area contributed by atoms with E-state index in [1.54, 1.807) is 0 Å². The highest BCUT2D eigenvalue weighted by Crippen LogP contribution is 2.57. The first kappa shape index (κ1) is 7.67. The van der Waals surface area contributed by atoms with Crippen LogP contribution in [0.1, 0.15) is 26.7 Å². The van der Waals surface area contributed by atoms with Gasteiger partial charge in [-0.25, -0.2) is 0 Å². The van der Waals surface area contributed by atoms with Crippen molar-refractivity contribution < 1.29 is 0 Å². The van der Waals surface area contributed by atoms with Crippen LogP contribution in [0.2, 0.25) is 0 Å². The van der Waals surface area contributed by atoms with E-state index in [0.717, 1.165) is 17.7 Å². The van der Waals surface area contributed by atoms with Crippen LogP contribution < -0.4 is 0 Å². The molecule has 1 saturated carbocycles. The molecule has 1 fully saturated rings. The topological polar surface area (TPSA) is 0 Å². The SMILES string of the molecule is CC1(C)C2C=C(CCl)CC1C2. The smallest absolute Gasteiger partial charge is 0.0433 e. The van der Waals surface area contributed by atoms with Gasteiger partial charge in [0.05, 0.1) is 0 Å². The minimum Gasteiger partial charge on any atom is -0.122 e. The summed E-state index contributed by atoms with van der Waals surface area (Å²) in [5, 5.41) is 0. The molecule has 0 saturated heterocycles. The third kappa shape index (κ3) is 0.955. The second kappa shape index (κ2) is 2.26. The molecule has 0 N–H and O–H groups in total. The molecule has 3 aliphatic carbocycles.